The van der Waals surface area contributed by atoms with Gasteiger partial charge in [0.1, 0.15) is 6.10 Å². The summed E-state index contributed by atoms with van der Waals surface area (Å²) in [6.45, 7) is 9.86. The van der Waals surface area contributed by atoms with Gasteiger partial charge in [-0.2, -0.15) is 0 Å². The van der Waals surface area contributed by atoms with Gasteiger partial charge in [0.2, 0.25) is 0 Å². The summed E-state index contributed by atoms with van der Waals surface area (Å²) in [5.41, 5.74) is -0.579. The largest absolute Gasteiger partial charge is 0.462 e. The van der Waals surface area contributed by atoms with Crippen molar-refractivity contribution < 1.29 is 14.3 Å². The van der Waals surface area contributed by atoms with Crippen LogP contribution in [-0.2, 0) is 14.3 Å². The molecule has 134 valence electrons. The molecule has 1 saturated carbocycles. The van der Waals surface area contributed by atoms with Gasteiger partial charge in [0.15, 0.2) is 0 Å². The molecule has 0 aromatic heterocycles. The Balaban J connectivity index is 2.28. The van der Waals surface area contributed by atoms with E-state index in [4.69, 9.17) is 21.1 Å². The zero-order chi connectivity index (χ0) is 17.6. The molecule has 0 N–H and O–H groups in total. The number of esters is 1. The van der Waals surface area contributed by atoms with Crippen LogP contribution in [0.3, 0.4) is 0 Å². The molecule has 3 nitrogen and oxygen atoms in total. The molecule has 0 unspecified atom stereocenters. The highest BCUT2D eigenvalue weighted by atomic mass is 79.9. The van der Waals surface area contributed by atoms with Gasteiger partial charge in [-0.15, -0.1) is 11.6 Å². The number of carbonyl (C=O) groups is 1. The molecule has 0 aromatic rings. The van der Waals surface area contributed by atoms with Crippen molar-refractivity contribution in [3.63, 3.8) is 0 Å². The molecule has 1 heterocycles. The fourth-order valence-electron chi connectivity index (χ4n) is 4.00. The number of hydrogen-bond donors (Lipinski definition) is 0. The Kier molecular flexibility index (Phi) is 5.89. The SMILES string of the molecule is CC(=O)O[C@H]1C[C@](C)(Cl)[C@@H](Br)C[C@H]1[C@]1(C)CC[C@@H](Br)C(C)(C)O1. The van der Waals surface area contributed by atoms with Gasteiger partial charge in [-0.1, -0.05) is 31.9 Å². The van der Waals surface area contributed by atoms with Crippen LogP contribution >= 0.6 is 43.5 Å². The lowest BCUT2D eigenvalue weighted by Gasteiger charge is -2.54. The van der Waals surface area contributed by atoms with E-state index in [2.05, 4.69) is 52.6 Å². The van der Waals surface area contributed by atoms with Crippen molar-refractivity contribution in [2.75, 3.05) is 0 Å². The van der Waals surface area contributed by atoms with E-state index >= 15 is 0 Å². The topological polar surface area (TPSA) is 35.5 Å². The third kappa shape index (κ3) is 4.27. The van der Waals surface area contributed by atoms with E-state index in [-0.39, 0.29) is 34.0 Å². The van der Waals surface area contributed by atoms with Crippen LogP contribution in [0.2, 0.25) is 0 Å². The molecule has 0 radical (unpaired) electrons. The second kappa shape index (κ2) is 6.77. The second-order valence-corrected chi connectivity index (χ2v) is 11.0. The Labute approximate surface area is 161 Å². The molecule has 2 aliphatic rings. The van der Waals surface area contributed by atoms with Crippen molar-refractivity contribution in [2.45, 2.75) is 92.1 Å². The van der Waals surface area contributed by atoms with E-state index in [1.54, 1.807) is 0 Å². The van der Waals surface area contributed by atoms with Crippen molar-refractivity contribution >= 4 is 49.4 Å². The van der Waals surface area contributed by atoms with E-state index < -0.39 is 4.87 Å². The van der Waals surface area contributed by atoms with Crippen LogP contribution in [0.25, 0.3) is 0 Å². The van der Waals surface area contributed by atoms with Crippen LogP contribution < -0.4 is 0 Å². The number of carbonyl (C=O) groups excluding carboxylic acids is 1. The van der Waals surface area contributed by atoms with Gasteiger partial charge >= 0.3 is 5.97 Å². The monoisotopic (exact) mass is 472 g/mol. The summed E-state index contributed by atoms with van der Waals surface area (Å²) >= 11 is 14.1. The van der Waals surface area contributed by atoms with Gasteiger partial charge in [-0.05, 0) is 47.0 Å². The number of hydrogen-bond acceptors (Lipinski definition) is 3. The van der Waals surface area contributed by atoms with Gasteiger partial charge in [0.25, 0.3) is 0 Å². The minimum absolute atomic E-state index is 0.127. The highest BCUT2D eigenvalue weighted by Gasteiger charge is 2.54. The van der Waals surface area contributed by atoms with E-state index in [1.807, 2.05) is 6.92 Å². The molecule has 1 aliphatic heterocycles. The Morgan fingerprint density at radius 3 is 2.35 bits per heavy atom. The van der Waals surface area contributed by atoms with Gasteiger partial charge in [-0.25, -0.2) is 0 Å². The lowest BCUT2D eigenvalue weighted by atomic mass is 9.69. The van der Waals surface area contributed by atoms with E-state index in [9.17, 15) is 4.79 Å². The van der Waals surface area contributed by atoms with Crippen LogP contribution in [0.5, 0.6) is 0 Å². The summed E-state index contributed by atoms with van der Waals surface area (Å²) in [6, 6.07) is 0. The molecule has 6 heteroatoms. The van der Waals surface area contributed by atoms with Crippen LogP contribution in [0, 0.1) is 5.92 Å². The van der Waals surface area contributed by atoms with Crippen LogP contribution in [-0.4, -0.2) is 37.8 Å². The Morgan fingerprint density at radius 2 is 1.83 bits per heavy atom. The molecule has 2 fully saturated rings. The number of alkyl halides is 3. The van der Waals surface area contributed by atoms with Gasteiger partial charge < -0.3 is 9.47 Å². The molecule has 2 rings (SSSR count). The summed E-state index contributed by atoms with van der Waals surface area (Å²) in [4.78, 5) is 11.7. The van der Waals surface area contributed by atoms with Crippen LogP contribution in [0.4, 0.5) is 0 Å². The molecule has 1 aliphatic carbocycles. The molecular weight excluding hydrogens is 447 g/mol. The number of ether oxygens (including phenoxy) is 2. The maximum absolute atomic E-state index is 11.6. The van der Waals surface area contributed by atoms with E-state index in [0.717, 1.165) is 19.3 Å². The summed E-state index contributed by atoms with van der Waals surface area (Å²) in [6.07, 6.45) is 3.23. The van der Waals surface area contributed by atoms with Crippen molar-refractivity contribution in [3.05, 3.63) is 0 Å². The average molecular weight is 475 g/mol. The molecule has 0 amide bonds. The highest BCUT2D eigenvalue weighted by molar-refractivity contribution is 9.09. The van der Waals surface area contributed by atoms with Crippen molar-refractivity contribution in [1.29, 1.82) is 0 Å². The molecule has 23 heavy (non-hydrogen) atoms. The lowest BCUT2D eigenvalue weighted by Crippen LogP contribution is -2.59. The fraction of sp³-hybridized carbons (Fsp3) is 0.941. The first-order chi connectivity index (χ1) is 10.4. The molecular formula is C17H27Br2ClO3. The Hall–Kier alpha value is 0.680. The molecule has 0 aromatic carbocycles. The standard InChI is InChI=1S/C17H27Br2ClO3/c1-10(21)22-12-9-16(4,20)14(19)8-11(12)17(5)7-6-13(18)15(2,3)23-17/h11-14H,6-9H2,1-5H3/t11-,12+,13-,14+,16+,17+/m1/s1. The smallest absolute Gasteiger partial charge is 0.302 e. The normalized spacial score (nSPS) is 47.1. The predicted molar refractivity (Wildman–Crippen MR) is 101 cm³/mol. The number of halogens is 3. The molecule has 1 saturated heterocycles. The summed E-state index contributed by atoms with van der Waals surface area (Å²) in [5.74, 6) is -0.126. The third-order valence-electron chi connectivity index (χ3n) is 5.41. The first kappa shape index (κ1) is 20.0. The van der Waals surface area contributed by atoms with Gasteiger partial charge in [0.05, 0.1) is 16.1 Å². The van der Waals surface area contributed by atoms with Gasteiger partial charge in [0, 0.05) is 28.9 Å². The minimum Gasteiger partial charge on any atom is -0.462 e. The molecule has 6 atom stereocenters. The first-order valence-electron chi connectivity index (χ1n) is 8.22. The maximum atomic E-state index is 11.6. The molecule has 0 bridgehead atoms. The van der Waals surface area contributed by atoms with E-state index in [1.165, 1.54) is 6.92 Å². The van der Waals surface area contributed by atoms with Crippen molar-refractivity contribution in [3.8, 4) is 0 Å². The molecule has 0 spiro atoms. The Morgan fingerprint density at radius 1 is 1.22 bits per heavy atom. The summed E-state index contributed by atoms with van der Waals surface area (Å²) in [7, 11) is 0. The lowest BCUT2D eigenvalue weighted by molar-refractivity contribution is -0.213. The second-order valence-electron chi connectivity index (χ2n) is 7.96. The van der Waals surface area contributed by atoms with Crippen LogP contribution in [0.15, 0.2) is 0 Å². The maximum Gasteiger partial charge on any atom is 0.302 e. The van der Waals surface area contributed by atoms with Crippen molar-refractivity contribution in [1.82, 2.24) is 0 Å². The van der Waals surface area contributed by atoms with E-state index in [0.29, 0.717) is 11.2 Å². The minimum atomic E-state index is -0.422. The fourth-order valence-corrected chi connectivity index (χ4v) is 5.15. The van der Waals surface area contributed by atoms with Crippen LogP contribution in [0.1, 0.15) is 60.3 Å². The zero-order valence-electron chi connectivity index (χ0n) is 14.5. The number of rotatable bonds is 2. The van der Waals surface area contributed by atoms with Gasteiger partial charge in [-0.3, -0.25) is 4.79 Å². The first-order valence-corrected chi connectivity index (χ1v) is 10.4. The third-order valence-corrected chi connectivity index (χ3v) is 9.04. The van der Waals surface area contributed by atoms with Crippen molar-refractivity contribution in [2.24, 2.45) is 5.92 Å². The summed E-state index contributed by atoms with van der Waals surface area (Å²) < 4.78 is 12.2. The quantitative estimate of drug-likeness (QED) is 0.408. The highest BCUT2D eigenvalue weighted by Crippen LogP contribution is 2.51. The predicted octanol–water partition coefficient (Wildman–Crippen LogP) is 5.20. The average Bonchev–Trinajstić information content (AvgIpc) is 2.37. The summed E-state index contributed by atoms with van der Waals surface area (Å²) in [5, 5.41) is 0. The zero-order valence-corrected chi connectivity index (χ0v) is 18.4. The Bertz CT molecular complexity index is 469.